The number of nitrogens with zero attached hydrogens (tertiary/aromatic N) is 1. The topological polar surface area (TPSA) is 114 Å². The predicted molar refractivity (Wildman–Crippen MR) is 109 cm³/mol. The van der Waals surface area contributed by atoms with Gasteiger partial charge in [0.15, 0.2) is 0 Å². The number of rotatable bonds is 9. The summed E-state index contributed by atoms with van der Waals surface area (Å²) in [5.41, 5.74) is 7.13. The number of nitrogens with one attached hydrogen (secondary N) is 2. The number of benzene rings is 1. The number of pyridine rings is 1. The summed E-state index contributed by atoms with van der Waals surface area (Å²) in [7, 11) is 0. The molecule has 3 amide bonds. The van der Waals surface area contributed by atoms with E-state index in [-0.39, 0.29) is 31.2 Å². The highest BCUT2D eigenvalue weighted by molar-refractivity contribution is 9.10. The lowest BCUT2D eigenvalue weighted by molar-refractivity contribution is -0.129. The second kappa shape index (κ2) is 10.6. The molecule has 4 N–H and O–H groups in total. The molecule has 0 aliphatic heterocycles. The largest absolute Gasteiger partial charge is 0.368 e. The van der Waals surface area contributed by atoms with Crippen molar-refractivity contribution in [3.05, 3.63) is 64.4 Å². The maximum absolute atomic E-state index is 12.2. The first-order valence-corrected chi connectivity index (χ1v) is 9.68. The van der Waals surface area contributed by atoms with Crippen LogP contribution < -0.4 is 16.4 Å². The normalized spacial score (nSPS) is 12.6. The van der Waals surface area contributed by atoms with Crippen molar-refractivity contribution in [1.82, 2.24) is 15.6 Å². The highest BCUT2D eigenvalue weighted by Gasteiger charge is 2.20. The Hall–Kier alpha value is -2.74. The summed E-state index contributed by atoms with van der Waals surface area (Å²) in [6, 6.07) is 12.0. The van der Waals surface area contributed by atoms with Crippen molar-refractivity contribution in [3.8, 4) is 0 Å². The van der Waals surface area contributed by atoms with E-state index >= 15 is 0 Å². The van der Waals surface area contributed by atoms with Crippen LogP contribution in [0.15, 0.2) is 53.3 Å². The number of hydrogen-bond donors (Lipinski definition) is 3. The molecular formula is C20H23BrN4O3. The zero-order valence-corrected chi connectivity index (χ0v) is 17.1. The molecule has 1 aromatic heterocycles. The van der Waals surface area contributed by atoms with Gasteiger partial charge in [-0.05, 0) is 40.0 Å². The van der Waals surface area contributed by atoms with Gasteiger partial charge in [-0.1, -0.05) is 36.4 Å². The van der Waals surface area contributed by atoms with E-state index in [0.29, 0.717) is 4.60 Å². The van der Waals surface area contributed by atoms with Crippen LogP contribution >= 0.6 is 15.9 Å². The zero-order valence-electron chi connectivity index (χ0n) is 15.5. The molecule has 8 heteroatoms. The monoisotopic (exact) mass is 446 g/mol. The number of halogens is 1. The van der Waals surface area contributed by atoms with Gasteiger partial charge in [-0.25, -0.2) is 4.98 Å². The maximum Gasteiger partial charge on any atom is 0.240 e. The third kappa shape index (κ3) is 6.77. The third-order valence-corrected chi connectivity index (χ3v) is 4.91. The van der Waals surface area contributed by atoms with Crippen LogP contribution in [0.25, 0.3) is 0 Å². The summed E-state index contributed by atoms with van der Waals surface area (Å²) in [5.74, 6) is -1.30. The lowest BCUT2D eigenvalue weighted by Gasteiger charge is -2.17. The Morgan fingerprint density at radius 2 is 1.68 bits per heavy atom. The van der Waals surface area contributed by atoms with Crippen molar-refractivity contribution in [3.63, 3.8) is 0 Å². The molecule has 1 heterocycles. The van der Waals surface area contributed by atoms with Gasteiger partial charge in [0.05, 0.1) is 6.04 Å². The van der Waals surface area contributed by atoms with E-state index in [1.165, 1.54) is 0 Å². The lowest BCUT2D eigenvalue weighted by Crippen LogP contribution is -2.46. The van der Waals surface area contributed by atoms with Gasteiger partial charge >= 0.3 is 0 Å². The second-order valence-corrected chi connectivity index (χ2v) is 7.13. The smallest absolute Gasteiger partial charge is 0.240 e. The van der Waals surface area contributed by atoms with E-state index in [4.69, 9.17) is 5.73 Å². The molecule has 0 aliphatic rings. The number of amides is 3. The molecule has 28 heavy (non-hydrogen) atoms. The zero-order chi connectivity index (χ0) is 20.5. The number of primary amides is 1. The van der Waals surface area contributed by atoms with Crippen LogP contribution in [-0.2, 0) is 20.8 Å². The molecule has 0 spiro atoms. The molecule has 0 bridgehead atoms. The quantitative estimate of drug-likeness (QED) is 0.511. The van der Waals surface area contributed by atoms with Crippen molar-refractivity contribution in [2.45, 2.75) is 38.3 Å². The molecule has 0 unspecified atom stereocenters. The average molecular weight is 447 g/mol. The summed E-state index contributed by atoms with van der Waals surface area (Å²) in [4.78, 5) is 40.0. The highest BCUT2D eigenvalue weighted by Crippen LogP contribution is 2.15. The standard InChI is InChI=1S/C20H23BrN4O3/c1-13(14-6-3-2-4-7-14)24-17(26)9-10-18(27)25-16(20(22)28)12-15-8-5-11-23-19(15)21/h2-8,11,13,16H,9-10,12H2,1H3,(H2,22,28)(H,24,26)(H,25,27)/t13-,16-/m1/s1. The first kappa shape index (κ1) is 21.6. The molecule has 2 aromatic rings. The molecule has 0 aliphatic carbocycles. The molecule has 7 nitrogen and oxygen atoms in total. The predicted octanol–water partition coefficient (Wildman–Crippen LogP) is 2.01. The van der Waals surface area contributed by atoms with Gasteiger partial charge in [-0.15, -0.1) is 0 Å². The Morgan fingerprint density at radius 1 is 1.04 bits per heavy atom. The Bertz CT molecular complexity index is 829. The number of carbonyl (C=O) groups is 3. The summed E-state index contributed by atoms with van der Waals surface area (Å²) in [6.07, 6.45) is 1.81. The van der Waals surface area contributed by atoms with E-state index < -0.39 is 17.9 Å². The summed E-state index contributed by atoms with van der Waals surface area (Å²) < 4.78 is 0.588. The SMILES string of the molecule is C[C@@H](NC(=O)CCC(=O)N[C@H](Cc1cccnc1Br)C(N)=O)c1ccccc1. The molecule has 0 saturated heterocycles. The molecule has 2 atom stereocenters. The lowest BCUT2D eigenvalue weighted by atomic mass is 10.1. The number of nitrogens with two attached hydrogens (primary N) is 1. The van der Waals surface area contributed by atoms with Gasteiger partial charge in [0.2, 0.25) is 17.7 Å². The highest BCUT2D eigenvalue weighted by atomic mass is 79.9. The number of carbonyl (C=O) groups excluding carboxylic acids is 3. The van der Waals surface area contributed by atoms with Crippen LogP contribution in [0.3, 0.4) is 0 Å². The van der Waals surface area contributed by atoms with Crippen molar-refractivity contribution in [2.75, 3.05) is 0 Å². The van der Waals surface area contributed by atoms with E-state index in [0.717, 1.165) is 11.1 Å². The Balaban J connectivity index is 1.83. The molecule has 0 radical (unpaired) electrons. The number of aromatic nitrogens is 1. The van der Waals surface area contributed by atoms with Crippen molar-refractivity contribution in [2.24, 2.45) is 5.73 Å². The molecule has 0 fully saturated rings. The summed E-state index contributed by atoms with van der Waals surface area (Å²) in [5, 5.41) is 5.44. The minimum Gasteiger partial charge on any atom is -0.368 e. The van der Waals surface area contributed by atoms with E-state index in [1.807, 2.05) is 37.3 Å². The minimum absolute atomic E-state index is 0.0189. The second-order valence-electron chi connectivity index (χ2n) is 6.38. The fourth-order valence-corrected chi connectivity index (χ4v) is 3.06. The van der Waals surface area contributed by atoms with Gasteiger partial charge < -0.3 is 16.4 Å². The van der Waals surface area contributed by atoms with Gasteiger partial charge in [0.25, 0.3) is 0 Å². The van der Waals surface area contributed by atoms with Crippen LogP contribution in [0.2, 0.25) is 0 Å². The molecule has 1 aromatic carbocycles. The van der Waals surface area contributed by atoms with Gasteiger partial charge in [0, 0.05) is 25.5 Å². The molecular weight excluding hydrogens is 424 g/mol. The van der Waals surface area contributed by atoms with E-state index in [2.05, 4.69) is 31.5 Å². The Morgan fingerprint density at radius 3 is 2.29 bits per heavy atom. The molecule has 2 rings (SSSR count). The summed E-state index contributed by atoms with van der Waals surface area (Å²) in [6.45, 7) is 1.88. The van der Waals surface area contributed by atoms with Gasteiger partial charge in [-0.2, -0.15) is 0 Å². The van der Waals surface area contributed by atoms with Crippen LogP contribution in [0.1, 0.15) is 36.9 Å². The van der Waals surface area contributed by atoms with Crippen LogP contribution in [0.5, 0.6) is 0 Å². The first-order chi connectivity index (χ1) is 13.4. The molecule has 148 valence electrons. The van der Waals surface area contributed by atoms with E-state index in [1.54, 1.807) is 18.3 Å². The van der Waals surface area contributed by atoms with Crippen LogP contribution in [-0.4, -0.2) is 28.7 Å². The Kier molecular flexibility index (Phi) is 8.13. The fraction of sp³-hybridized carbons (Fsp3) is 0.300. The van der Waals surface area contributed by atoms with Crippen LogP contribution in [0.4, 0.5) is 0 Å². The maximum atomic E-state index is 12.2. The van der Waals surface area contributed by atoms with Gasteiger partial charge in [-0.3, -0.25) is 14.4 Å². The van der Waals surface area contributed by atoms with Crippen LogP contribution in [0, 0.1) is 0 Å². The van der Waals surface area contributed by atoms with Gasteiger partial charge in [0.1, 0.15) is 10.6 Å². The van der Waals surface area contributed by atoms with Crippen molar-refractivity contribution >= 4 is 33.7 Å². The van der Waals surface area contributed by atoms with Crippen molar-refractivity contribution in [1.29, 1.82) is 0 Å². The average Bonchev–Trinajstić information content (AvgIpc) is 2.68. The fourth-order valence-electron chi connectivity index (χ4n) is 2.65. The van der Waals surface area contributed by atoms with E-state index in [9.17, 15) is 14.4 Å². The molecule has 0 saturated carbocycles. The van der Waals surface area contributed by atoms with Crippen molar-refractivity contribution < 1.29 is 14.4 Å². The minimum atomic E-state index is -0.876. The third-order valence-electron chi connectivity index (χ3n) is 4.20. The Labute approximate surface area is 172 Å². The number of hydrogen-bond acceptors (Lipinski definition) is 4. The summed E-state index contributed by atoms with van der Waals surface area (Å²) >= 11 is 3.30. The first-order valence-electron chi connectivity index (χ1n) is 8.89.